The third-order valence-corrected chi connectivity index (χ3v) is 8.49. The molecule has 0 atom stereocenters. The van der Waals surface area contributed by atoms with Gasteiger partial charge in [-0.2, -0.15) is 0 Å². The molecule has 0 fully saturated rings. The quantitative estimate of drug-likeness (QED) is 0.136. The highest BCUT2D eigenvalue weighted by molar-refractivity contribution is 6.23. The Morgan fingerprint density at radius 2 is 1.11 bits per heavy atom. The molecule has 7 aromatic rings. The van der Waals surface area contributed by atoms with Crippen molar-refractivity contribution in [3.05, 3.63) is 163 Å². The van der Waals surface area contributed by atoms with E-state index in [1.165, 1.54) is 54.9 Å². The first-order chi connectivity index (χ1) is 22.2. The summed E-state index contributed by atoms with van der Waals surface area (Å²) in [5.74, 6) is 0. The smallest absolute Gasteiger partial charge is 0.0701 e. The van der Waals surface area contributed by atoms with Crippen molar-refractivity contribution >= 4 is 27.3 Å². The fourth-order valence-corrected chi connectivity index (χ4v) is 6.29. The number of rotatable bonds is 7. The Balaban J connectivity index is 1.48. The summed E-state index contributed by atoms with van der Waals surface area (Å²) in [6.07, 6.45) is 7.11. The summed E-state index contributed by atoms with van der Waals surface area (Å²) in [4.78, 5) is 9.22. The summed E-state index contributed by atoms with van der Waals surface area (Å²) < 4.78 is 0. The van der Waals surface area contributed by atoms with Crippen molar-refractivity contribution in [2.24, 2.45) is 4.99 Å². The molecular weight excluding hydrogens is 544 g/mol. The molecule has 0 saturated heterocycles. The molecule has 0 aliphatic rings. The minimum Gasteiger partial charge on any atom is -0.288 e. The highest BCUT2D eigenvalue weighted by atomic mass is 14.7. The standard InChI is InChI=1S/C43H34N2/c1-3-4-16-40(44-2)35-26-27-38-39(29-35)43(34-24-20-32(21-25-34)41-17-10-11-28-45-41)37-15-9-8-14-36(37)42(38)33-22-18-31(19-23-33)30-12-6-5-7-13-30/h4-29H,3H2,1-2H3/b16-4-,44-40?. The first-order valence-corrected chi connectivity index (χ1v) is 15.5. The zero-order valence-corrected chi connectivity index (χ0v) is 25.6. The predicted octanol–water partition coefficient (Wildman–Crippen LogP) is 11.4. The fourth-order valence-electron chi connectivity index (χ4n) is 6.29. The van der Waals surface area contributed by atoms with Crippen LogP contribution in [0.4, 0.5) is 0 Å². The van der Waals surface area contributed by atoms with Crippen molar-refractivity contribution in [1.29, 1.82) is 0 Å². The topological polar surface area (TPSA) is 25.2 Å². The third-order valence-electron chi connectivity index (χ3n) is 8.49. The number of fused-ring (bicyclic) bond motifs is 2. The average molecular weight is 579 g/mol. The normalized spacial score (nSPS) is 11.9. The van der Waals surface area contributed by atoms with E-state index >= 15 is 0 Å². The van der Waals surface area contributed by atoms with Crippen molar-refractivity contribution in [1.82, 2.24) is 4.98 Å². The molecule has 7 rings (SSSR count). The Morgan fingerprint density at radius 3 is 1.73 bits per heavy atom. The summed E-state index contributed by atoms with van der Waals surface area (Å²) in [5, 5.41) is 4.91. The van der Waals surface area contributed by atoms with Gasteiger partial charge in [0.15, 0.2) is 0 Å². The second-order valence-corrected chi connectivity index (χ2v) is 11.2. The van der Waals surface area contributed by atoms with Crippen molar-refractivity contribution in [2.75, 3.05) is 7.05 Å². The van der Waals surface area contributed by atoms with E-state index in [0.717, 1.165) is 29.0 Å². The lowest BCUT2D eigenvalue weighted by atomic mass is 9.84. The molecule has 0 aliphatic heterocycles. The fraction of sp³-hybridized carbons (Fsp3) is 0.0698. The van der Waals surface area contributed by atoms with Gasteiger partial charge in [0.1, 0.15) is 0 Å². The predicted molar refractivity (Wildman–Crippen MR) is 193 cm³/mol. The van der Waals surface area contributed by atoms with E-state index in [9.17, 15) is 0 Å². The molecule has 216 valence electrons. The zero-order valence-electron chi connectivity index (χ0n) is 25.6. The van der Waals surface area contributed by atoms with Crippen LogP contribution in [0.5, 0.6) is 0 Å². The number of allylic oxidation sites excluding steroid dienone is 2. The van der Waals surface area contributed by atoms with Crippen LogP contribution in [0.1, 0.15) is 18.9 Å². The monoisotopic (exact) mass is 578 g/mol. The minimum atomic E-state index is 0.967. The van der Waals surface area contributed by atoms with Gasteiger partial charge in [0, 0.05) is 24.4 Å². The molecule has 0 spiro atoms. The van der Waals surface area contributed by atoms with Gasteiger partial charge < -0.3 is 0 Å². The van der Waals surface area contributed by atoms with E-state index in [0.29, 0.717) is 0 Å². The molecule has 1 heterocycles. The highest BCUT2D eigenvalue weighted by Gasteiger charge is 2.18. The molecule has 0 saturated carbocycles. The Kier molecular flexibility index (Phi) is 7.87. The summed E-state index contributed by atoms with van der Waals surface area (Å²) in [6.45, 7) is 2.15. The van der Waals surface area contributed by atoms with Crippen LogP contribution in [-0.2, 0) is 0 Å². The van der Waals surface area contributed by atoms with Gasteiger partial charge in [0.25, 0.3) is 0 Å². The zero-order chi connectivity index (χ0) is 30.6. The number of hydrogen-bond acceptors (Lipinski definition) is 2. The lowest BCUT2D eigenvalue weighted by Crippen LogP contribution is -1.98. The third kappa shape index (κ3) is 5.47. The minimum absolute atomic E-state index is 0.967. The van der Waals surface area contributed by atoms with Crippen LogP contribution in [0.15, 0.2) is 163 Å². The van der Waals surface area contributed by atoms with Gasteiger partial charge in [0.2, 0.25) is 0 Å². The van der Waals surface area contributed by atoms with Gasteiger partial charge in [0.05, 0.1) is 11.4 Å². The van der Waals surface area contributed by atoms with Gasteiger partial charge in [-0.15, -0.1) is 0 Å². The molecule has 0 radical (unpaired) electrons. The molecule has 1 aromatic heterocycles. The maximum Gasteiger partial charge on any atom is 0.0701 e. The Bertz CT molecular complexity index is 2160. The van der Waals surface area contributed by atoms with E-state index in [2.05, 4.69) is 156 Å². The highest BCUT2D eigenvalue weighted by Crippen LogP contribution is 2.44. The van der Waals surface area contributed by atoms with E-state index in [-0.39, 0.29) is 0 Å². The Morgan fingerprint density at radius 1 is 0.556 bits per heavy atom. The number of aromatic nitrogens is 1. The summed E-state index contributed by atoms with van der Waals surface area (Å²) in [5.41, 5.74) is 11.5. The SMILES string of the molecule is CC/C=C\C(=NC)c1ccc2c(-c3ccc(-c4ccccc4)cc3)c3ccccc3c(-c3ccc(-c4ccccn4)cc3)c2c1. The van der Waals surface area contributed by atoms with Crippen molar-refractivity contribution in [3.63, 3.8) is 0 Å². The van der Waals surface area contributed by atoms with Crippen LogP contribution in [0.25, 0.3) is 66.2 Å². The van der Waals surface area contributed by atoms with Crippen LogP contribution in [0.2, 0.25) is 0 Å². The molecule has 2 nitrogen and oxygen atoms in total. The molecule has 2 heteroatoms. The summed E-state index contributed by atoms with van der Waals surface area (Å²) in [6, 6.07) is 50.1. The second kappa shape index (κ2) is 12.6. The summed E-state index contributed by atoms with van der Waals surface area (Å²) >= 11 is 0. The number of nitrogens with zero attached hydrogens (tertiary/aromatic N) is 2. The van der Waals surface area contributed by atoms with E-state index in [1.807, 2.05) is 25.4 Å². The lowest BCUT2D eigenvalue weighted by molar-refractivity contribution is 1.23. The van der Waals surface area contributed by atoms with E-state index in [4.69, 9.17) is 0 Å². The first kappa shape index (κ1) is 28.2. The maximum absolute atomic E-state index is 4.65. The van der Waals surface area contributed by atoms with Gasteiger partial charge in [-0.05, 0) is 85.6 Å². The molecule has 0 aliphatic carbocycles. The number of hydrogen-bond donors (Lipinski definition) is 0. The number of pyridine rings is 1. The molecule has 0 bridgehead atoms. The van der Waals surface area contributed by atoms with Crippen LogP contribution in [0.3, 0.4) is 0 Å². The lowest BCUT2D eigenvalue weighted by Gasteiger charge is -2.19. The van der Waals surface area contributed by atoms with Crippen molar-refractivity contribution in [2.45, 2.75) is 13.3 Å². The number of benzene rings is 6. The maximum atomic E-state index is 4.65. The molecule has 0 unspecified atom stereocenters. The van der Waals surface area contributed by atoms with Gasteiger partial charge in [-0.1, -0.05) is 134 Å². The van der Waals surface area contributed by atoms with Crippen LogP contribution >= 0.6 is 0 Å². The second-order valence-electron chi connectivity index (χ2n) is 11.2. The molecule has 0 N–H and O–H groups in total. The first-order valence-electron chi connectivity index (χ1n) is 15.5. The molecule has 6 aromatic carbocycles. The molecular formula is C43H34N2. The van der Waals surface area contributed by atoms with Crippen molar-refractivity contribution in [3.8, 4) is 44.6 Å². The average Bonchev–Trinajstić information content (AvgIpc) is 3.12. The molecule has 45 heavy (non-hydrogen) atoms. The van der Waals surface area contributed by atoms with Gasteiger partial charge >= 0.3 is 0 Å². The van der Waals surface area contributed by atoms with Gasteiger partial charge in [-0.25, -0.2) is 0 Å². The van der Waals surface area contributed by atoms with E-state index in [1.54, 1.807) is 0 Å². The summed E-state index contributed by atoms with van der Waals surface area (Å²) in [7, 11) is 1.87. The Hall–Kier alpha value is -5.60. The van der Waals surface area contributed by atoms with Crippen LogP contribution in [0, 0.1) is 0 Å². The largest absolute Gasteiger partial charge is 0.288 e. The van der Waals surface area contributed by atoms with Crippen LogP contribution in [-0.4, -0.2) is 17.7 Å². The Labute approximate surface area is 265 Å². The number of aliphatic imine (C=N–C) groups is 1. The van der Waals surface area contributed by atoms with Crippen molar-refractivity contribution < 1.29 is 0 Å². The van der Waals surface area contributed by atoms with E-state index < -0.39 is 0 Å². The van der Waals surface area contributed by atoms with Crippen LogP contribution < -0.4 is 0 Å². The molecule has 0 amide bonds. The van der Waals surface area contributed by atoms with Gasteiger partial charge in [-0.3, -0.25) is 9.98 Å².